The summed E-state index contributed by atoms with van der Waals surface area (Å²) < 4.78 is 10.5. The average molecular weight is 1580 g/mol. The molecule has 0 aromatic heterocycles. The van der Waals surface area contributed by atoms with E-state index in [2.05, 4.69) is 137 Å². The van der Waals surface area contributed by atoms with E-state index >= 15 is 0 Å². The van der Waals surface area contributed by atoms with Crippen LogP contribution in [0.3, 0.4) is 0 Å². The normalized spacial score (nSPS) is 11.1. The van der Waals surface area contributed by atoms with Crippen molar-refractivity contribution in [1.82, 2.24) is 0 Å². The Morgan fingerprint density at radius 3 is 0.880 bits per heavy atom. The molecule has 0 aliphatic rings. The molecule has 0 radical (unpaired) electrons. The molecule has 4 rings (SSSR count). The SMILES string of the molecule is C.C.CC(C)=CCC/C(C)=C/COPP.CC(C)=CCC/C(C)=C/COPP.CCCCCc1cc(O)c(C/C=C(\C)CCC=C(C)C)c(O)c1C(=O)O.CCCCCc1cc(O)cc(O)c1C(=O)O.CCCc1cc(O)c(C/C=C(\C)CCC=C(C)C)c(O)c1C(=O)O.CCCc1cc(O)cc(O)c1C(=O)O. The first kappa shape index (κ1) is 107. The van der Waals surface area contributed by atoms with E-state index in [1.165, 1.54) is 57.7 Å². The molecular weight excluding hydrogens is 1440 g/mol. The van der Waals surface area contributed by atoms with Gasteiger partial charge in [0.15, 0.2) is 0 Å². The first-order valence-corrected chi connectivity index (χ1v) is 41.9. The van der Waals surface area contributed by atoms with E-state index in [4.69, 9.17) is 19.3 Å². The molecule has 12 N–H and O–H groups in total. The molecule has 0 fully saturated rings. The summed E-state index contributed by atoms with van der Waals surface area (Å²) in [5.74, 6) is -6.35. The summed E-state index contributed by atoms with van der Waals surface area (Å²) in [5, 5.41) is 115. The van der Waals surface area contributed by atoms with Crippen molar-refractivity contribution in [1.29, 1.82) is 0 Å². The molecule has 0 bridgehead atoms. The number of aromatic carboxylic acids is 4. The van der Waals surface area contributed by atoms with Gasteiger partial charge in [0.1, 0.15) is 68.2 Å². The number of hydrogen-bond acceptors (Lipinski definition) is 14. The molecule has 4 unspecified atom stereocenters. The summed E-state index contributed by atoms with van der Waals surface area (Å²) >= 11 is 0. The molecule has 0 heterocycles. The Kier molecular flexibility index (Phi) is 61.9. The molecule has 0 spiro atoms. The lowest BCUT2D eigenvalue weighted by molar-refractivity contribution is 0.0680. The molecule has 18 nitrogen and oxygen atoms in total. The topological polar surface area (TPSA) is 330 Å². The number of allylic oxidation sites excluding steroid dienone is 14. The molecule has 4 atom stereocenters. The molecule has 4 aromatic rings. The van der Waals surface area contributed by atoms with Crippen LogP contribution in [0.2, 0.25) is 0 Å². The second-order valence-corrected chi connectivity index (χ2v) is 29.4. The Balaban J connectivity index is -0.000000613. The smallest absolute Gasteiger partial charge is 0.339 e. The number of carboxylic acids is 4. The Morgan fingerprint density at radius 1 is 0.352 bits per heavy atom. The Morgan fingerprint density at radius 2 is 0.620 bits per heavy atom. The number of rotatable bonds is 38. The van der Waals surface area contributed by atoms with Gasteiger partial charge in [-0.3, -0.25) is 0 Å². The van der Waals surface area contributed by atoms with E-state index in [0.29, 0.717) is 77.8 Å². The summed E-state index contributed by atoms with van der Waals surface area (Å²) in [7, 11) is 6.19. The zero-order chi connectivity index (χ0) is 81.0. The summed E-state index contributed by atoms with van der Waals surface area (Å²) in [5.41, 5.74) is 12.5. The molecule has 0 saturated carbocycles. The molecule has 108 heavy (non-hydrogen) atoms. The number of phenolic OH excluding ortho intramolecular Hbond substituents is 4. The summed E-state index contributed by atoms with van der Waals surface area (Å²) in [6.07, 6.45) is 35.3. The van der Waals surface area contributed by atoms with E-state index in [-0.39, 0.29) is 94.2 Å². The number of hydrogen-bond donors (Lipinski definition) is 12. The number of carbonyl (C=O) groups is 4. The molecule has 608 valence electrons. The van der Waals surface area contributed by atoms with Gasteiger partial charge in [0.25, 0.3) is 0 Å². The van der Waals surface area contributed by atoms with Crippen molar-refractivity contribution in [3.8, 4) is 46.0 Å². The third kappa shape index (κ3) is 47.6. The van der Waals surface area contributed by atoms with Gasteiger partial charge in [-0.05, 0) is 232 Å². The monoisotopic (exact) mass is 1580 g/mol. The third-order valence-corrected chi connectivity index (χ3v) is 17.8. The highest BCUT2D eigenvalue weighted by Gasteiger charge is 2.24. The second kappa shape index (κ2) is 62.5. The minimum absolute atomic E-state index is 0. The van der Waals surface area contributed by atoms with Gasteiger partial charge < -0.3 is 70.3 Å². The van der Waals surface area contributed by atoms with Gasteiger partial charge in [0, 0.05) is 40.3 Å². The Hall–Kier alpha value is -7.28. The largest absolute Gasteiger partial charge is 0.508 e. The van der Waals surface area contributed by atoms with Crippen LogP contribution in [0.1, 0.15) is 303 Å². The van der Waals surface area contributed by atoms with E-state index in [9.17, 15) is 70.2 Å². The summed E-state index contributed by atoms with van der Waals surface area (Å²) in [6.45, 7) is 34.5. The van der Waals surface area contributed by atoms with Crippen molar-refractivity contribution in [3.05, 3.63) is 185 Å². The van der Waals surface area contributed by atoms with E-state index in [1.54, 1.807) is 0 Å². The van der Waals surface area contributed by atoms with Gasteiger partial charge in [-0.1, -0.05) is 192 Å². The minimum Gasteiger partial charge on any atom is -0.508 e. The number of aromatic hydroxyl groups is 8. The van der Waals surface area contributed by atoms with Gasteiger partial charge in [-0.25, -0.2) is 19.2 Å². The quantitative estimate of drug-likeness (QED) is 0.0113. The zero-order valence-corrected chi connectivity index (χ0v) is 70.3. The van der Waals surface area contributed by atoms with Crippen LogP contribution < -0.4 is 0 Å². The highest BCUT2D eigenvalue weighted by Crippen LogP contribution is 2.38. The lowest BCUT2D eigenvalue weighted by Crippen LogP contribution is -2.05. The van der Waals surface area contributed by atoms with Crippen LogP contribution in [0, 0.1) is 0 Å². The van der Waals surface area contributed by atoms with E-state index < -0.39 is 23.9 Å². The number of aryl methyl sites for hydroxylation is 4. The van der Waals surface area contributed by atoms with Gasteiger partial charge in [-0.15, -0.1) is 0 Å². The maximum absolute atomic E-state index is 11.6. The third-order valence-electron chi connectivity index (χ3n) is 16.2. The summed E-state index contributed by atoms with van der Waals surface area (Å²) in [4.78, 5) is 44.8. The standard InChI is InChI=1S/C22H32O4.C20H28O4.C12H16O4.C10H12O4.2C10H20OP2.2CH4/c1-5-6-7-11-17-14-19(23)18(21(24)20(17)22(25)26)13-12-16(4)10-8-9-15(2)3;1-5-7-15-12-17(21)16(19(22)18(15)20(23)24)11-10-14(4)9-6-8-13(2)3;1-2-3-4-5-8-6-9(13)7-10(14)11(8)12(15)16;1-2-3-6-4-7(11)5-8(12)9(6)10(13)14;2*1-9(2)5-4-6-10(3)7-8-11-13-12;;/h9,12,14,23-24H,5-8,10-11,13H2,1-4H3,(H,25,26);8,10,12,21-22H,5-7,9,11H2,1-4H3,(H,23,24);6-7,13-14H,2-5H2,1H3,(H,15,16);4-5,11-12H,2-3H2,1H3,(H,13,14);2*5,7,13H,4,6,8,12H2,1-3H3;2*1H4/b16-12+;14-10+;;;2*10-7+;;. The van der Waals surface area contributed by atoms with Crippen LogP contribution in [0.4, 0.5) is 0 Å². The molecule has 4 aromatic carbocycles. The zero-order valence-electron chi connectivity index (χ0n) is 66.0. The van der Waals surface area contributed by atoms with E-state index in [0.717, 1.165) is 139 Å². The second-order valence-electron chi connectivity index (χ2n) is 26.9. The molecule has 0 aliphatic carbocycles. The lowest BCUT2D eigenvalue weighted by Gasteiger charge is -2.14. The maximum Gasteiger partial charge on any atom is 0.339 e. The molecule has 0 amide bonds. The Bertz CT molecular complexity index is 3550. The highest BCUT2D eigenvalue weighted by molar-refractivity contribution is 8.00. The van der Waals surface area contributed by atoms with Crippen molar-refractivity contribution in [2.45, 2.75) is 267 Å². The van der Waals surface area contributed by atoms with Crippen LogP contribution >= 0.6 is 34.8 Å². The minimum atomic E-state index is -1.18. The number of unbranched alkanes of at least 4 members (excludes halogenated alkanes) is 4. The first-order chi connectivity index (χ1) is 50.0. The number of benzene rings is 4. The van der Waals surface area contributed by atoms with Crippen molar-refractivity contribution in [2.75, 3.05) is 13.2 Å². The fourth-order valence-electron chi connectivity index (χ4n) is 10.4. The fourth-order valence-corrected chi connectivity index (χ4v) is 11.4. The van der Waals surface area contributed by atoms with E-state index in [1.807, 2.05) is 39.8 Å². The van der Waals surface area contributed by atoms with Crippen LogP contribution in [-0.4, -0.2) is 98.4 Å². The molecule has 22 heteroatoms. The Labute approximate surface area is 656 Å². The first-order valence-electron chi connectivity index (χ1n) is 36.5. The number of phenols is 8. The molecular formula is C86H136O18P4. The lowest BCUT2D eigenvalue weighted by atomic mass is 9.95. The summed E-state index contributed by atoms with van der Waals surface area (Å²) in [6, 6.07) is 7.82. The average Bonchev–Trinajstić information content (AvgIpc) is 0.803. The molecule has 0 aliphatic heterocycles. The van der Waals surface area contributed by atoms with Crippen molar-refractivity contribution in [2.24, 2.45) is 0 Å². The van der Waals surface area contributed by atoms with Gasteiger partial charge in [0.2, 0.25) is 0 Å². The highest BCUT2D eigenvalue weighted by atomic mass is 32.0. The van der Waals surface area contributed by atoms with Crippen molar-refractivity contribution >= 4 is 58.7 Å². The van der Waals surface area contributed by atoms with Crippen LogP contribution in [0.15, 0.2) is 130 Å². The fraction of sp³-hybridized carbons (Fsp3) is 0.488. The van der Waals surface area contributed by atoms with Crippen LogP contribution in [-0.2, 0) is 47.6 Å². The van der Waals surface area contributed by atoms with Crippen molar-refractivity contribution in [3.63, 3.8) is 0 Å². The predicted octanol–water partition coefficient (Wildman–Crippen LogP) is 24.5. The van der Waals surface area contributed by atoms with Gasteiger partial charge in [-0.2, -0.15) is 0 Å². The predicted molar refractivity (Wildman–Crippen MR) is 460 cm³/mol. The van der Waals surface area contributed by atoms with Gasteiger partial charge >= 0.3 is 23.9 Å². The van der Waals surface area contributed by atoms with Crippen molar-refractivity contribution < 1.29 is 89.5 Å². The molecule has 0 saturated heterocycles. The maximum atomic E-state index is 11.6. The van der Waals surface area contributed by atoms with Crippen LogP contribution in [0.5, 0.6) is 46.0 Å². The van der Waals surface area contributed by atoms with Gasteiger partial charge in [0.05, 0.1) is 13.2 Å². The number of carboxylic acid groups (broad SMARTS) is 4. The van der Waals surface area contributed by atoms with Crippen LogP contribution in [0.25, 0.3) is 0 Å².